The first-order valence-electron chi connectivity index (χ1n) is 4.91. The van der Waals surface area contributed by atoms with E-state index in [-0.39, 0.29) is 0 Å². The van der Waals surface area contributed by atoms with Gasteiger partial charge in [0.15, 0.2) is 0 Å². The van der Waals surface area contributed by atoms with Crippen molar-refractivity contribution in [3.8, 4) is 0 Å². The lowest BCUT2D eigenvalue weighted by molar-refractivity contribution is 0.337. The smallest absolute Gasteiger partial charge is 0.0297 e. The van der Waals surface area contributed by atoms with Crippen molar-refractivity contribution in [2.75, 3.05) is 0 Å². The van der Waals surface area contributed by atoms with E-state index < -0.39 is 0 Å². The lowest BCUT2D eigenvalue weighted by atomic mass is 9.87. The number of hydrogen-bond acceptors (Lipinski definition) is 0. The van der Waals surface area contributed by atoms with E-state index in [2.05, 4.69) is 0 Å². The summed E-state index contributed by atoms with van der Waals surface area (Å²) in [5, 5.41) is 0. The third-order valence-corrected chi connectivity index (χ3v) is 2.87. The van der Waals surface area contributed by atoms with Gasteiger partial charge >= 0.3 is 0 Å². The zero-order chi connectivity index (χ0) is 7.45. The maximum Gasteiger partial charge on any atom is -0.0297 e. The predicted octanol–water partition coefficient (Wildman–Crippen LogP) is 3.76. The van der Waals surface area contributed by atoms with Gasteiger partial charge in [0.05, 0.1) is 0 Å². The Balaban J connectivity index is 0.000000231. The molecule has 1 spiro atoms. The van der Waals surface area contributed by atoms with Crippen LogP contribution in [-0.2, 0) is 0 Å². The summed E-state index contributed by atoms with van der Waals surface area (Å²) in [5.41, 5.74) is 0.929. The fourth-order valence-electron chi connectivity index (χ4n) is 1.98. The molecule has 0 aromatic carbocycles. The van der Waals surface area contributed by atoms with Crippen LogP contribution < -0.4 is 0 Å². The van der Waals surface area contributed by atoms with E-state index in [1.165, 1.54) is 19.3 Å². The van der Waals surface area contributed by atoms with Crippen LogP contribution in [0.1, 0.15) is 58.8 Å². The summed E-state index contributed by atoms with van der Waals surface area (Å²) in [6, 6.07) is 0. The Kier molecular flexibility index (Phi) is 2.76. The summed E-state index contributed by atoms with van der Waals surface area (Å²) in [5.74, 6) is 0. The van der Waals surface area contributed by atoms with Crippen molar-refractivity contribution >= 4 is 0 Å². The van der Waals surface area contributed by atoms with Crippen molar-refractivity contribution in [2.24, 2.45) is 5.41 Å². The topological polar surface area (TPSA) is 0 Å². The number of rotatable bonds is 0. The highest BCUT2D eigenvalue weighted by Crippen LogP contribution is 2.55. The molecule has 60 valence electrons. The third-order valence-electron chi connectivity index (χ3n) is 2.87. The molecule has 0 bridgehead atoms. The van der Waals surface area contributed by atoms with Crippen LogP contribution in [0.15, 0.2) is 0 Å². The maximum atomic E-state index is 2.00. The minimum Gasteiger partial charge on any atom is -0.0683 e. The van der Waals surface area contributed by atoms with E-state index in [9.17, 15) is 0 Å². The SMILES string of the molecule is C1CCC2(CC1)CC2.CC. The Morgan fingerprint density at radius 2 is 1.20 bits per heavy atom. The van der Waals surface area contributed by atoms with Crippen molar-refractivity contribution < 1.29 is 0 Å². The Labute approximate surface area is 65.0 Å². The van der Waals surface area contributed by atoms with Crippen molar-refractivity contribution in [1.29, 1.82) is 0 Å². The van der Waals surface area contributed by atoms with Crippen molar-refractivity contribution in [1.82, 2.24) is 0 Å². The molecular formula is C10H20. The Hall–Kier alpha value is 0. The van der Waals surface area contributed by atoms with Gasteiger partial charge in [0, 0.05) is 0 Å². The molecule has 0 radical (unpaired) electrons. The molecule has 2 aliphatic rings. The number of hydrogen-bond donors (Lipinski definition) is 0. The molecular weight excluding hydrogens is 120 g/mol. The lowest BCUT2D eigenvalue weighted by Gasteiger charge is -2.19. The van der Waals surface area contributed by atoms with Gasteiger partial charge in [-0.25, -0.2) is 0 Å². The second-order valence-corrected chi connectivity index (χ2v) is 3.56. The van der Waals surface area contributed by atoms with Gasteiger partial charge in [-0.3, -0.25) is 0 Å². The molecule has 0 aromatic rings. The molecule has 2 fully saturated rings. The van der Waals surface area contributed by atoms with Gasteiger partial charge in [-0.2, -0.15) is 0 Å². The molecule has 0 saturated heterocycles. The minimum atomic E-state index is 0.929. The molecule has 0 aliphatic heterocycles. The van der Waals surface area contributed by atoms with Gasteiger partial charge in [-0.15, -0.1) is 0 Å². The van der Waals surface area contributed by atoms with E-state index in [4.69, 9.17) is 0 Å². The van der Waals surface area contributed by atoms with E-state index in [0.717, 1.165) is 5.41 Å². The van der Waals surface area contributed by atoms with Gasteiger partial charge < -0.3 is 0 Å². The summed E-state index contributed by atoms with van der Waals surface area (Å²) in [6.45, 7) is 4.00. The van der Waals surface area contributed by atoms with Crippen LogP contribution in [0.25, 0.3) is 0 Å². The highest BCUT2D eigenvalue weighted by molar-refractivity contribution is 4.94. The molecule has 0 aromatic heterocycles. The summed E-state index contributed by atoms with van der Waals surface area (Å²) in [7, 11) is 0. The van der Waals surface area contributed by atoms with Crippen LogP contribution in [0.3, 0.4) is 0 Å². The van der Waals surface area contributed by atoms with Crippen LogP contribution in [0.5, 0.6) is 0 Å². The van der Waals surface area contributed by atoms with Crippen LogP contribution in [0.4, 0.5) is 0 Å². The quantitative estimate of drug-likeness (QED) is 0.480. The fourth-order valence-corrected chi connectivity index (χ4v) is 1.98. The van der Waals surface area contributed by atoms with Crippen LogP contribution in [-0.4, -0.2) is 0 Å². The van der Waals surface area contributed by atoms with Crippen LogP contribution in [0, 0.1) is 5.41 Å². The molecule has 10 heavy (non-hydrogen) atoms. The molecule has 2 saturated carbocycles. The second-order valence-electron chi connectivity index (χ2n) is 3.56. The fraction of sp³-hybridized carbons (Fsp3) is 1.00. The van der Waals surface area contributed by atoms with Crippen molar-refractivity contribution in [2.45, 2.75) is 58.8 Å². The standard InChI is InChI=1S/C8H14.C2H6/c1-2-4-8(5-3-1)6-7-8;1-2/h1-7H2;1-2H3. The summed E-state index contributed by atoms with van der Waals surface area (Å²) in [4.78, 5) is 0. The third kappa shape index (κ3) is 1.74. The summed E-state index contributed by atoms with van der Waals surface area (Å²) >= 11 is 0. The van der Waals surface area contributed by atoms with Crippen molar-refractivity contribution in [3.63, 3.8) is 0 Å². The normalized spacial score (nSPS) is 27.0. The Bertz CT molecular complexity index is 82.2. The van der Waals surface area contributed by atoms with Gasteiger partial charge in [0.2, 0.25) is 0 Å². The zero-order valence-electron chi connectivity index (χ0n) is 7.45. The molecule has 2 rings (SSSR count). The average molecular weight is 140 g/mol. The first-order valence-corrected chi connectivity index (χ1v) is 4.91. The molecule has 0 atom stereocenters. The summed E-state index contributed by atoms with van der Waals surface area (Å²) in [6.07, 6.45) is 10.8. The molecule has 2 aliphatic carbocycles. The van der Waals surface area contributed by atoms with E-state index >= 15 is 0 Å². The molecule has 0 N–H and O–H groups in total. The molecule has 0 unspecified atom stereocenters. The highest BCUT2D eigenvalue weighted by atomic mass is 14.5. The van der Waals surface area contributed by atoms with Gasteiger partial charge in [-0.05, 0) is 31.1 Å². The van der Waals surface area contributed by atoms with Gasteiger partial charge in [0.1, 0.15) is 0 Å². The Morgan fingerprint density at radius 1 is 0.700 bits per heavy atom. The minimum absolute atomic E-state index is 0.929. The largest absolute Gasteiger partial charge is 0.0683 e. The first-order chi connectivity index (χ1) is 4.91. The zero-order valence-corrected chi connectivity index (χ0v) is 7.45. The van der Waals surface area contributed by atoms with E-state index in [0.29, 0.717) is 0 Å². The predicted molar refractivity (Wildman–Crippen MR) is 46.1 cm³/mol. The van der Waals surface area contributed by atoms with Crippen LogP contribution in [0.2, 0.25) is 0 Å². The molecule has 0 amide bonds. The second kappa shape index (κ2) is 3.41. The first kappa shape index (κ1) is 8.10. The monoisotopic (exact) mass is 140 g/mol. The highest BCUT2D eigenvalue weighted by Gasteiger charge is 2.42. The van der Waals surface area contributed by atoms with E-state index in [1.54, 1.807) is 25.7 Å². The van der Waals surface area contributed by atoms with Crippen LogP contribution >= 0.6 is 0 Å². The lowest BCUT2D eigenvalue weighted by Crippen LogP contribution is -2.05. The average Bonchev–Trinajstić information content (AvgIpc) is 2.75. The Morgan fingerprint density at radius 3 is 1.50 bits per heavy atom. The summed E-state index contributed by atoms with van der Waals surface area (Å²) < 4.78 is 0. The van der Waals surface area contributed by atoms with Crippen molar-refractivity contribution in [3.05, 3.63) is 0 Å². The van der Waals surface area contributed by atoms with Gasteiger partial charge in [-0.1, -0.05) is 33.1 Å². The molecule has 0 nitrogen and oxygen atoms in total. The molecule has 0 heterocycles. The maximum absolute atomic E-state index is 2.00. The molecule has 0 heteroatoms. The van der Waals surface area contributed by atoms with E-state index in [1.807, 2.05) is 13.8 Å². The van der Waals surface area contributed by atoms with Gasteiger partial charge in [0.25, 0.3) is 0 Å².